The lowest BCUT2D eigenvalue weighted by Crippen LogP contribution is -2.36. The summed E-state index contributed by atoms with van der Waals surface area (Å²) in [5, 5.41) is 0. The molecule has 25 heavy (non-hydrogen) atoms. The van der Waals surface area contributed by atoms with E-state index < -0.39 is 5.79 Å². The van der Waals surface area contributed by atoms with Crippen molar-refractivity contribution in [2.45, 2.75) is 97.7 Å². The van der Waals surface area contributed by atoms with E-state index in [1.54, 1.807) is 6.92 Å². The summed E-state index contributed by atoms with van der Waals surface area (Å²) in [6.45, 7) is 13.1. The lowest BCUT2D eigenvalue weighted by Gasteiger charge is -2.33. The topological polar surface area (TPSA) is 44.8 Å². The second-order valence-electron chi connectivity index (χ2n) is 6.67. The minimum atomic E-state index is -0.539. The molecule has 0 aromatic heterocycles. The van der Waals surface area contributed by atoms with E-state index in [4.69, 9.17) is 14.2 Å². The molecule has 0 aliphatic carbocycles. The molecule has 0 heterocycles. The van der Waals surface area contributed by atoms with Crippen LogP contribution in [0, 0.1) is 0 Å². The van der Waals surface area contributed by atoms with Crippen LogP contribution in [0.25, 0.3) is 0 Å². The first-order chi connectivity index (χ1) is 12.0. The van der Waals surface area contributed by atoms with Crippen LogP contribution in [0.15, 0.2) is 12.2 Å². The van der Waals surface area contributed by atoms with Gasteiger partial charge in [0.1, 0.15) is 0 Å². The van der Waals surface area contributed by atoms with Crippen molar-refractivity contribution in [1.82, 2.24) is 0 Å². The highest BCUT2D eigenvalue weighted by Crippen LogP contribution is 2.27. The zero-order chi connectivity index (χ0) is 19.0. The van der Waals surface area contributed by atoms with Gasteiger partial charge in [-0.25, -0.2) is 4.79 Å². The Labute approximate surface area is 155 Å². The molecule has 0 amide bonds. The Kier molecular flexibility index (Phi) is 14.9. The first kappa shape index (κ1) is 24.1. The van der Waals surface area contributed by atoms with Crippen molar-refractivity contribution in [2.75, 3.05) is 19.8 Å². The van der Waals surface area contributed by atoms with Crippen molar-refractivity contribution < 1.29 is 19.0 Å². The molecule has 0 unspecified atom stereocenters. The second kappa shape index (κ2) is 15.4. The average Bonchev–Trinajstić information content (AvgIpc) is 2.58. The summed E-state index contributed by atoms with van der Waals surface area (Å²) in [5.41, 5.74) is 0.434. The van der Waals surface area contributed by atoms with Gasteiger partial charge in [-0.3, -0.25) is 0 Å². The summed E-state index contributed by atoms with van der Waals surface area (Å²) < 4.78 is 17.2. The predicted octanol–water partition coefficient (Wildman–Crippen LogP) is 5.80. The van der Waals surface area contributed by atoms with E-state index in [-0.39, 0.29) is 5.97 Å². The standard InChI is InChI=1S/C21H40O4/c1-6-9-10-11-12-13-14-16-21(24-7-2,25-8-3)17-15-18-23-20(22)19(4)5/h4,6-18H2,1-3,5H3. The zero-order valence-electron chi connectivity index (χ0n) is 17.0. The van der Waals surface area contributed by atoms with Crippen LogP contribution in [-0.4, -0.2) is 31.6 Å². The third kappa shape index (κ3) is 12.2. The minimum absolute atomic E-state index is 0.328. The van der Waals surface area contributed by atoms with Gasteiger partial charge < -0.3 is 14.2 Å². The van der Waals surface area contributed by atoms with Gasteiger partial charge in [0.2, 0.25) is 0 Å². The maximum Gasteiger partial charge on any atom is 0.333 e. The molecule has 0 fully saturated rings. The fourth-order valence-electron chi connectivity index (χ4n) is 2.96. The highest BCUT2D eigenvalue weighted by Gasteiger charge is 2.30. The molecule has 0 saturated heterocycles. The molecule has 0 radical (unpaired) electrons. The summed E-state index contributed by atoms with van der Waals surface area (Å²) in [5.74, 6) is -0.867. The molecular weight excluding hydrogens is 316 g/mol. The first-order valence-electron chi connectivity index (χ1n) is 10.1. The van der Waals surface area contributed by atoms with Crippen LogP contribution in [0.2, 0.25) is 0 Å². The van der Waals surface area contributed by atoms with Gasteiger partial charge in [-0.2, -0.15) is 0 Å². The molecular formula is C21H40O4. The lowest BCUT2D eigenvalue weighted by molar-refractivity contribution is -0.242. The van der Waals surface area contributed by atoms with E-state index in [9.17, 15) is 4.79 Å². The molecule has 0 aromatic rings. The number of carbonyl (C=O) groups is 1. The Morgan fingerprint density at radius 1 is 0.840 bits per heavy atom. The maximum absolute atomic E-state index is 11.5. The van der Waals surface area contributed by atoms with Gasteiger partial charge >= 0.3 is 5.97 Å². The summed E-state index contributed by atoms with van der Waals surface area (Å²) >= 11 is 0. The molecule has 0 saturated carbocycles. The van der Waals surface area contributed by atoms with E-state index in [0.717, 1.165) is 25.7 Å². The van der Waals surface area contributed by atoms with Gasteiger partial charge in [0, 0.05) is 31.6 Å². The molecule has 4 nitrogen and oxygen atoms in total. The quantitative estimate of drug-likeness (QED) is 0.143. The molecule has 0 aromatic carbocycles. The second-order valence-corrected chi connectivity index (χ2v) is 6.67. The Morgan fingerprint density at radius 3 is 1.88 bits per heavy atom. The summed E-state index contributed by atoms with van der Waals surface area (Å²) in [7, 11) is 0. The third-order valence-corrected chi connectivity index (χ3v) is 4.26. The Bertz CT molecular complexity index is 346. The van der Waals surface area contributed by atoms with Crippen LogP contribution < -0.4 is 0 Å². The number of unbranched alkanes of at least 4 members (excludes halogenated alkanes) is 6. The van der Waals surface area contributed by atoms with Crippen LogP contribution >= 0.6 is 0 Å². The molecule has 0 N–H and O–H groups in total. The number of hydrogen-bond donors (Lipinski definition) is 0. The highest BCUT2D eigenvalue weighted by atomic mass is 16.7. The van der Waals surface area contributed by atoms with Crippen LogP contribution in [0.4, 0.5) is 0 Å². The van der Waals surface area contributed by atoms with Crippen molar-refractivity contribution in [3.05, 3.63) is 12.2 Å². The third-order valence-electron chi connectivity index (χ3n) is 4.26. The zero-order valence-corrected chi connectivity index (χ0v) is 17.0. The number of esters is 1. The number of hydrogen-bond acceptors (Lipinski definition) is 4. The summed E-state index contributed by atoms with van der Waals surface area (Å²) in [6.07, 6.45) is 11.3. The van der Waals surface area contributed by atoms with Crippen molar-refractivity contribution >= 4 is 5.97 Å². The minimum Gasteiger partial charge on any atom is -0.462 e. The van der Waals surface area contributed by atoms with Gasteiger partial charge in [0.15, 0.2) is 5.79 Å². The largest absolute Gasteiger partial charge is 0.462 e. The fourth-order valence-corrected chi connectivity index (χ4v) is 2.96. The Hall–Kier alpha value is -0.870. The van der Waals surface area contributed by atoms with E-state index in [2.05, 4.69) is 13.5 Å². The van der Waals surface area contributed by atoms with E-state index in [0.29, 0.717) is 25.4 Å². The van der Waals surface area contributed by atoms with Crippen LogP contribution in [0.3, 0.4) is 0 Å². The highest BCUT2D eigenvalue weighted by molar-refractivity contribution is 5.86. The van der Waals surface area contributed by atoms with Crippen molar-refractivity contribution in [3.8, 4) is 0 Å². The van der Waals surface area contributed by atoms with Crippen molar-refractivity contribution in [1.29, 1.82) is 0 Å². The van der Waals surface area contributed by atoms with Gasteiger partial charge in [-0.15, -0.1) is 0 Å². The SMILES string of the molecule is C=C(C)C(=O)OCCCC(CCCCCCCCC)(OCC)OCC. The number of carbonyl (C=O) groups excluding carboxylic acids is 1. The Morgan fingerprint density at radius 2 is 1.36 bits per heavy atom. The molecule has 0 bridgehead atoms. The maximum atomic E-state index is 11.5. The molecule has 0 spiro atoms. The van der Waals surface area contributed by atoms with Gasteiger partial charge in [-0.05, 0) is 33.6 Å². The van der Waals surface area contributed by atoms with Crippen molar-refractivity contribution in [3.63, 3.8) is 0 Å². The average molecular weight is 357 g/mol. The van der Waals surface area contributed by atoms with Crippen LogP contribution in [0.1, 0.15) is 91.9 Å². The summed E-state index contributed by atoms with van der Waals surface area (Å²) in [4.78, 5) is 11.5. The lowest BCUT2D eigenvalue weighted by atomic mass is 10.0. The van der Waals surface area contributed by atoms with Gasteiger partial charge in [0.25, 0.3) is 0 Å². The predicted molar refractivity (Wildman–Crippen MR) is 104 cm³/mol. The van der Waals surface area contributed by atoms with Gasteiger partial charge in [-0.1, -0.05) is 52.0 Å². The molecule has 0 atom stereocenters. The molecule has 0 aliphatic heterocycles. The smallest absolute Gasteiger partial charge is 0.333 e. The first-order valence-corrected chi connectivity index (χ1v) is 10.1. The van der Waals surface area contributed by atoms with Crippen molar-refractivity contribution in [2.24, 2.45) is 0 Å². The summed E-state index contributed by atoms with van der Waals surface area (Å²) in [6, 6.07) is 0. The fraction of sp³-hybridized carbons (Fsp3) is 0.857. The van der Waals surface area contributed by atoms with Crippen LogP contribution in [0.5, 0.6) is 0 Å². The van der Waals surface area contributed by atoms with Gasteiger partial charge in [0.05, 0.1) is 6.61 Å². The molecule has 148 valence electrons. The van der Waals surface area contributed by atoms with E-state index >= 15 is 0 Å². The monoisotopic (exact) mass is 356 g/mol. The van der Waals surface area contributed by atoms with E-state index in [1.807, 2.05) is 13.8 Å². The van der Waals surface area contributed by atoms with E-state index in [1.165, 1.54) is 38.5 Å². The molecule has 0 rings (SSSR count). The number of ether oxygens (including phenoxy) is 3. The Balaban J connectivity index is 4.27. The molecule has 4 heteroatoms. The number of rotatable bonds is 17. The van der Waals surface area contributed by atoms with Crippen LogP contribution in [-0.2, 0) is 19.0 Å². The normalized spacial score (nSPS) is 11.5. The molecule has 0 aliphatic rings.